The predicted octanol–water partition coefficient (Wildman–Crippen LogP) is 5.25. The van der Waals surface area contributed by atoms with Crippen LogP contribution in [-0.2, 0) is 17.4 Å². The van der Waals surface area contributed by atoms with Gasteiger partial charge in [-0.25, -0.2) is 9.97 Å². The molecule has 0 aliphatic rings. The molecule has 33 heavy (non-hydrogen) atoms. The zero-order valence-electron chi connectivity index (χ0n) is 18.0. The van der Waals surface area contributed by atoms with Crippen molar-refractivity contribution < 1.29 is 27.2 Å². The first-order chi connectivity index (χ1) is 15.6. The minimum Gasteiger partial charge on any atom is -0.459 e. The molecule has 3 aromatic rings. The smallest absolute Gasteiger partial charge is 0.418 e. The Morgan fingerprint density at radius 3 is 2.36 bits per heavy atom. The molecule has 11 heteroatoms. The van der Waals surface area contributed by atoms with Crippen molar-refractivity contribution in [3.05, 3.63) is 64.9 Å². The number of anilines is 2. The van der Waals surface area contributed by atoms with Crippen molar-refractivity contribution in [1.82, 2.24) is 9.97 Å². The predicted molar refractivity (Wildman–Crippen MR) is 118 cm³/mol. The Bertz CT molecular complexity index is 1140. The highest BCUT2D eigenvalue weighted by Crippen LogP contribution is 2.37. The van der Waals surface area contributed by atoms with Crippen LogP contribution in [0.2, 0.25) is 0 Å². The summed E-state index contributed by atoms with van der Waals surface area (Å²) in [6.45, 7) is 3.61. The molecule has 174 valence electrons. The average molecular weight is 478 g/mol. The van der Waals surface area contributed by atoms with Gasteiger partial charge in [-0.2, -0.15) is 13.2 Å². The summed E-state index contributed by atoms with van der Waals surface area (Å²) in [5, 5.41) is 5.28. The highest BCUT2D eigenvalue weighted by atomic mass is 32.2. The summed E-state index contributed by atoms with van der Waals surface area (Å²) >= 11 is 1.40. The van der Waals surface area contributed by atoms with Crippen LogP contribution in [0.4, 0.5) is 24.5 Å². The fourth-order valence-corrected chi connectivity index (χ4v) is 3.64. The number of hydrogen-bond donors (Lipinski definition) is 2. The fraction of sp³-hybridized carbons (Fsp3) is 0.273. The molecule has 1 aromatic carbocycles. The largest absolute Gasteiger partial charge is 0.459 e. The molecule has 3 rings (SSSR count). The molecule has 0 unspecified atom stereocenters. The van der Waals surface area contributed by atoms with Crippen molar-refractivity contribution in [3.8, 4) is 0 Å². The molecule has 0 bridgehead atoms. The second kappa shape index (κ2) is 10.1. The Labute approximate surface area is 192 Å². The number of aryl methyl sites for hydroxylation is 2. The quantitative estimate of drug-likeness (QED) is 0.356. The maximum atomic E-state index is 13.6. The summed E-state index contributed by atoms with van der Waals surface area (Å²) in [5.41, 5.74) is 0.688. The van der Waals surface area contributed by atoms with Crippen molar-refractivity contribution in [2.45, 2.75) is 38.0 Å². The van der Waals surface area contributed by atoms with E-state index >= 15 is 0 Å². The van der Waals surface area contributed by atoms with E-state index in [1.807, 2.05) is 6.26 Å². The van der Waals surface area contributed by atoms with Crippen LogP contribution in [0.25, 0.3) is 0 Å². The number of hydrogen-bond acceptors (Lipinski definition) is 6. The third-order valence-corrected chi connectivity index (χ3v) is 5.33. The van der Waals surface area contributed by atoms with Crippen molar-refractivity contribution in [3.63, 3.8) is 0 Å². The SMILES string of the molecule is CSc1nc(C)c(CCC(=O)Nc2ccc(NC(=O)c3ccco3)cc2C(F)(F)F)c(C)n1. The van der Waals surface area contributed by atoms with Gasteiger partial charge in [0, 0.05) is 23.5 Å². The van der Waals surface area contributed by atoms with E-state index in [1.54, 1.807) is 13.8 Å². The number of rotatable bonds is 7. The summed E-state index contributed by atoms with van der Waals surface area (Å²) in [6.07, 6.45) is -1.37. The lowest BCUT2D eigenvalue weighted by Gasteiger charge is -2.16. The number of aromatic nitrogens is 2. The van der Waals surface area contributed by atoms with Crippen LogP contribution in [0.15, 0.2) is 46.2 Å². The van der Waals surface area contributed by atoms with Gasteiger partial charge in [0.1, 0.15) is 0 Å². The molecular weight excluding hydrogens is 457 g/mol. The number of alkyl halides is 3. The third-order valence-electron chi connectivity index (χ3n) is 4.79. The maximum Gasteiger partial charge on any atom is 0.418 e. The van der Waals surface area contributed by atoms with E-state index < -0.39 is 29.2 Å². The zero-order chi connectivity index (χ0) is 24.2. The van der Waals surface area contributed by atoms with Crippen LogP contribution in [-0.4, -0.2) is 28.0 Å². The van der Waals surface area contributed by atoms with Crippen LogP contribution < -0.4 is 10.6 Å². The minimum absolute atomic E-state index is 0.0407. The number of carbonyl (C=O) groups is 2. The molecule has 2 N–H and O–H groups in total. The summed E-state index contributed by atoms with van der Waals surface area (Å²) in [4.78, 5) is 33.2. The number of furan rings is 1. The molecule has 2 aromatic heterocycles. The molecular formula is C22H21F3N4O3S. The lowest BCUT2D eigenvalue weighted by Crippen LogP contribution is -2.18. The summed E-state index contributed by atoms with van der Waals surface area (Å²) in [6, 6.07) is 6.01. The molecule has 0 aliphatic carbocycles. The topological polar surface area (TPSA) is 97.1 Å². The van der Waals surface area contributed by atoms with Gasteiger partial charge in [0.15, 0.2) is 10.9 Å². The Morgan fingerprint density at radius 1 is 1.09 bits per heavy atom. The normalized spacial score (nSPS) is 11.3. The van der Waals surface area contributed by atoms with E-state index in [9.17, 15) is 22.8 Å². The number of nitrogens with zero attached hydrogens (tertiary/aromatic N) is 2. The van der Waals surface area contributed by atoms with Crippen LogP contribution >= 0.6 is 11.8 Å². The third kappa shape index (κ3) is 6.13. The monoisotopic (exact) mass is 478 g/mol. The Morgan fingerprint density at radius 2 is 1.79 bits per heavy atom. The van der Waals surface area contributed by atoms with Gasteiger partial charge in [0.05, 0.1) is 17.5 Å². The van der Waals surface area contributed by atoms with E-state index in [0.717, 1.165) is 29.1 Å². The van der Waals surface area contributed by atoms with E-state index in [4.69, 9.17) is 4.42 Å². The molecule has 0 saturated carbocycles. The number of nitrogens with one attached hydrogen (secondary N) is 2. The van der Waals surface area contributed by atoms with Gasteiger partial charge in [-0.15, -0.1) is 0 Å². The van der Waals surface area contributed by atoms with Gasteiger partial charge in [-0.05, 0) is 62.4 Å². The molecule has 0 radical (unpaired) electrons. The molecule has 0 saturated heterocycles. The van der Waals surface area contributed by atoms with Gasteiger partial charge in [-0.1, -0.05) is 11.8 Å². The van der Waals surface area contributed by atoms with E-state index in [0.29, 0.717) is 5.16 Å². The highest BCUT2D eigenvalue weighted by molar-refractivity contribution is 7.98. The average Bonchev–Trinajstić information content (AvgIpc) is 3.28. The van der Waals surface area contributed by atoms with Crippen LogP contribution in [0.1, 0.15) is 39.5 Å². The number of amides is 2. The number of thioether (sulfide) groups is 1. The summed E-state index contributed by atoms with van der Waals surface area (Å²) in [5.74, 6) is -1.31. The van der Waals surface area contributed by atoms with Gasteiger partial charge in [0.25, 0.3) is 5.91 Å². The molecule has 2 amide bonds. The second-order valence-corrected chi connectivity index (χ2v) is 7.87. The van der Waals surface area contributed by atoms with Gasteiger partial charge in [0.2, 0.25) is 5.91 Å². The molecule has 0 atom stereocenters. The summed E-state index contributed by atoms with van der Waals surface area (Å²) in [7, 11) is 0. The molecule has 2 heterocycles. The molecule has 0 spiro atoms. The first-order valence-corrected chi connectivity index (χ1v) is 11.0. The standard InChI is InChI=1S/C22H21F3N4O3S/c1-12-15(13(2)27-21(26-12)33-3)7-9-19(30)29-17-8-6-14(11-16(17)22(23,24)25)28-20(31)18-5-4-10-32-18/h4-6,8,10-11H,7,9H2,1-3H3,(H,28,31)(H,29,30). The fourth-order valence-electron chi connectivity index (χ4n) is 3.18. The zero-order valence-corrected chi connectivity index (χ0v) is 18.9. The lowest BCUT2D eigenvalue weighted by atomic mass is 10.1. The molecule has 0 aliphatic heterocycles. The van der Waals surface area contributed by atoms with Crippen molar-refractivity contribution in [2.24, 2.45) is 0 Å². The first-order valence-electron chi connectivity index (χ1n) is 9.82. The Hall–Kier alpha value is -3.34. The van der Waals surface area contributed by atoms with Crippen molar-refractivity contribution >= 4 is 35.0 Å². The van der Waals surface area contributed by atoms with Gasteiger partial charge in [-0.3, -0.25) is 9.59 Å². The minimum atomic E-state index is -4.75. The molecule has 0 fully saturated rings. The maximum absolute atomic E-state index is 13.6. The van der Waals surface area contributed by atoms with Gasteiger partial charge < -0.3 is 15.1 Å². The van der Waals surface area contributed by atoms with E-state index in [1.165, 1.54) is 36.2 Å². The lowest BCUT2D eigenvalue weighted by molar-refractivity contribution is -0.136. The summed E-state index contributed by atoms with van der Waals surface area (Å²) < 4.78 is 45.8. The van der Waals surface area contributed by atoms with Crippen LogP contribution in [0.3, 0.4) is 0 Å². The number of halogens is 3. The van der Waals surface area contributed by atoms with Crippen LogP contribution in [0.5, 0.6) is 0 Å². The Kier molecular flexibility index (Phi) is 7.42. The van der Waals surface area contributed by atoms with Crippen molar-refractivity contribution in [2.75, 3.05) is 16.9 Å². The van der Waals surface area contributed by atoms with E-state index in [2.05, 4.69) is 20.6 Å². The second-order valence-electron chi connectivity index (χ2n) is 7.10. The van der Waals surface area contributed by atoms with Crippen molar-refractivity contribution in [1.29, 1.82) is 0 Å². The number of benzene rings is 1. The number of carbonyl (C=O) groups excluding carboxylic acids is 2. The molecule has 7 nitrogen and oxygen atoms in total. The van der Waals surface area contributed by atoms with E-state index in [-0.39, 0.29) is 24.3 Å². The Balaban J connectivity index is 1.73. The highest BCUT2D eigenvalue weighted by Gasteiger charge is 2.34. The first kappa shape index (κ1) is 24.3. The van der Waals surface area contributed by atoms with Gasteiger partial charge >= 0.3 is 6.18 Å². The van der Waals surface area contributed by atoms with Crippen LogP contribution in [0, 0.1) is 13.8 Å².